The van der Waals surface area contributed by atoms with Crippen LogP contribution in [0.5, 0.6) is 11.5 Å². The van der Waals surface area contributed by atoms with Crippen molar-refractivity contribution < 1.29 is 14.3 Å². The van der Waals surface area contributed by atoms with Crippen LogP contribution in [-0.2, 0) is 11.2 Å². The third-order valence-corrected chi connectivity index (χ3v) is 5.99. The SMILES string of the molecule is C#CCOc1cc(Br)c(/C=C2\S[C@@H](Nc3ccc(CC)cc3)NC2=O)cc1OC. The topological polar surface area (TPSA) is 59.6 Å². The average Bonchev–Trinajstić information content (AvgIpc) is 3.07. The van der Waals surface area contributed by atoms with Crippen LogP contribution in [0.25, 0.3) is 6.08 Å². The minimum absolute atomic E-state index is 0.129. The lowest BCUT2D eigenvalue weighted by molar-refractivity contribution is -0.116. The molecule has 1 saturated heterocycles. The Bertz CT molecular complexity index is 967. The van der Waals surface area contributed by atoms with Gasteiger partial charge in [-0.2, -0.15) is 0 Å². The number of nitrogens with one attached hydrogen (secondary N) is 2. The summed E-state index contributed by atoms with van der Waals surface area (Å²) in [6, 6.07) is 11.8. The Labute approximate surface area is 183 Å². The highest BCUT2D eigenvalue weighted by Crippen LogP contribution is 2.37. The molecule has 7 heteroatoms. The molecule has 0 saturated carbocycles. The molecule has 5 nitrogen and oxygen atoms in total. The van der Waals surface area contributed by atoms with E-state index < -0.39 is 0 Å². The first kappa shape index (κ1) is 21.2. The van der Waals surface area contributed by atoms with Crippen LogP contribution in [0.4, 0.5) is 5.69 Å². The van der Waals surface area contributed by atoms with Gasteiger partial charge >= 0.3 is 0 Å². The van der Waals surface area contributed by atoms with Gasteiger partial charge in [-0.25, -0.2) is 0 Å². The lowest BCUT2D eigenvalue weighted by atomic mass is 10.1. The van der Waals surface area contributed by atoms with E-state index in [1.54, 1.807) is 19.2 Å². The zero-order valence-electron chi connectivity index (χ0n) is 16.1. The van der Waals surface area contributed by atoms with Crippen LogP contribution < -0.4 is 20.1 Å². The zero-order chi connectivity index (χ0) is 20.8. The first-order valence-corrected chi connectivity index (χ1v) is 10.7. The minimum atomic E-state index is -0.236. The Balaban J connectivity index is 1.76. The average molecular weight is 473 g/mol. The van der Waals surface area contributed by atoms with E-state index in [9.17, 15) is 4.79 Å². The van der Waals surface area contributed by atoms with Crippen molar-refractivity contribution in [1.82, 2.24) is 5.32 Å². The van der Waals surface area contributed by atoms with Crippen LogP contribution in [0.15, 0.2) is 45.8 Å². The van der Waals surface area contributed by atoms with E-state index in [1.807, 2.05) is 18.2 Å². The lowest BCUT2D eigenvalue weighted by Crippen LogP contribution is -2.30. The molecule has 2 N–H and O–H groups in total. The summed E-state index contributed by atoms with van der Waals surface area (Å²) in [7, 11) is 1.56. The summed E-state index contributed by atoms with van der Waals surface area (Å²) < 4.78 is 11.7. The van der Waals surface area contributed by atoms with Gasteiger partial charge in [-0.05, 0) is 47.9 Å². The van der Waals surface area contributed by atoms with Gasteiger partial charge < -0.3 is 20.1 Å². The Hall–Kier alpha value is -2.56. The molecule has 1 aliphatic rings. The highest BCUT2D eigenvalue weighted by molar-refractivity contribution is 9.10. The number of hydrogen-bond donors (Lipinski definition) is 2. The molecule has 150 valence electrons. The maximum Gasteiger partial charge on any atom is 0.260 e. The molecule has 1 fully saturated rings. The molecule has 2 aromatic carbocycles. The van der Waals surface area contributed by atoms with Crippen molar-refractivity contribution in [3.8, 4) is 23.8 Å². The second-order valence-electron chi connectivity index (χ2n) is 6.19. The molecule has 3 rings (SSSR count). The van der Waals surface area contributed by atoms with Crippen LogP contribution >= 0.6 is 27.7 Å². The van der Waals surface area contributed by atoms with Crippen molar-refractivity contribution in [3.63, 3.8) is 0 Å². The van der Waals surface area contributed by atoms with Gasteiger partial charge in [0, 0.05) is 10.2 Å². The lowest BCUT2D eigenvalue weighted by Gasteiger charge is -2.13. The monoisotopic (exact) mass is 472 g/mol. The van der Waals surface area contributed by atoms with E-state index >= 15 is 0 Å². The van der Waals surface area contributed by atoms with E-state index in [0.29, 0.717) is 16.4 Å². The number of thioether (sulfide) groups is 1. The van der Waals surface area contributed by atoms with Crippen molar-refractivity contribution in [1.29, 1.82) is 0 Å². The molecular weight excluding hydrogens is 452 g/mol. The highest BCUT2D eigenvalue weighted by Gasteiger charge is 2.27. The summed E-state index contributed by atoms with van der Waals surface area (Å²) in [6.45, 7) is 2.27. The van der Waals surface area contributed by atoms with Crippen LogP contribution in [0, 0.1) is 12.3 Å². The number of anilines is 1. The first-order chi connectivity index (χ1) is 14.0. The standard InChI is InChI=1S/C22H21BrN2O3S/c1-4-10-28-19-13-17(23)15(11-18(19)27-3)12-20-21(26)25-22(29-20)24-16-8-6-14(5-2)7-9-16/h1,6-9,11-13,22,24H,5,10H2,2-3H3,(H,25,26)/b20-12-/t22-/m0/s1. The van der Waals surface area contributed by atoms with Gasteiger partial charge in [0.05, 0.1) is 12.0 Å². The van der Waals surface area contributed by atoms with E-state index in [2.05, 4.69) is 51.5 Å². The molecule has 0 radical (unpaired) electrons. The number of rotatable bonds is 7. The number of carbonyl (C=O) groups is 1. The second kappa shape index (κ2) is 9.77. The third kappa shape index (κ3) is 5.28. The van der Waals surface area contributed by atoms with Crippen LogP contribution in [-0.4, -0.2) is 25.1 Å². The van der Waals surface area contributed by atoms with Gasteiger partial charge in [0.2, 0.25) is 0 Å². The summed E-state index contributed by atoms with van der Waals surface area (Å²) in [5, 5.41) is 6.26. The number of hydrogen-bond acceptors (Lipinski definition) is 5. The summed E-state index contributed by atoms with van der Waals surface area (Å²) in [4.78, 5) is 13.0. The largest absolute Gasteiger partial charge is 0.493 e. The maximum atomic E-state index is 12.4. The van der Waals surface area contributed by atoms with Gasteiger partial charge in [-0.15, -0.1) is 6.42 Å². The second-order valence-corrected chi connectivity index (χ2v) is 8.19. The molecule has 0 aromatic heterocycles. The van der Waals surface area contributed by atoms with Crippen LogP contribution in [0.2, 0.25) is 0 Å². The summed E-state index contributed by atoms with van der Waals surface area (Å²) in [5.74, 6) is 3.39. The number of carbonyl (C=O) groups excluding carboxylic acids is 1. The Morgan fingerprint density at radius 2 is 2.07 bits per heavy atom. The number of methoxy groups -OCH3 is 1. The Kier molecular flexibility index (Phi) is 7.13. The number of halogens is 1. The molecule has 2 aromatic rings. The smallest absolute Gasteiger partial charge is 0.260 e. The molecule has 1 heterocycles. The maximum absolute atomic E-state index is 12.4. The third-order valence-electron chi connectivity index (χ3n) is 4.27. The molecule has 29 heavy (non-hydrogen) atoms. The number of ether oxygens (including phenoxy) is 2. The number of aryl methyl sites for hydroxylation is 1. The summed E-state index contributed by atoms with van der Waals surface area (Å²) in [5.41, 5.74) is 2.80. The van der Waals surface area contributed by atoms with Crippen molar-refractivity contribution >= 4 is 45.4 Å². The molecule has 0 aliphatic carbocycles. The number of amides is 1. The first-order valence-electron chi connectivity index (χ1n) is 9.02. The number of terminal acetylenes is 1. The Morgan fingerprint density at radius 3 is 2.72 bits per heavy atom. The number of benzene rings is 2. The summed E-state index contributed by atoms with van der Waals surface area (Å²) in [6.07, 6.45) is 8.06. The molecule has 1 aliphatic heterocycles. The predicted molar refractivity (Wildman–Crippen MR) is 122 cm³/mol. The molecule has 0 unspecified atom stereocenters. The van der Waals surface area contributed by atoms with Gasteiger partial charge in [-0.1, -0.05) is 52.7 Å². The molecule has 0 spiro atoms. The van der Waals surface area contributed by atoms with Gasteiger partial charge in [0.25, 0.3) is 5.91 Å². The molecular formula is C22H21BrN2O3S. The normalized spacial score (nSPS) is 17.0. The molecule has 1 amide bonds. The fourth-order valence-corrected chi connectivity index (χ4v) is 4.16. The summed E-state index contributed by atoms with van der Waals surface area (Å²) >= 11 is 4.95. The van der Waals surface area contributed by atoms with E-state index in [1.165, 1.54) is 17.3 Å². The van der Waals surface area contributed by atoms with Crippen molar-refractivity contribution in [2.75, 3.05) is 19.0 Å². The fourth-order valence-electron chi connectivity index (χ4n) is 2.75. The van der Waals surface area contributed by atoms with E-state index in [4.69, 9.17) is 15.9 Å². The Morgan fingerprint density at radius 1 is 1.31 bits per heavy atom. The van der Waals surface area contributed by atoms with Gasteiger partial charge in [0.15, 0.2) is 17.0 Å². The molecule has 1 atom stereocenters. The zero-order valence-corrected chi connectivity index (χ0v) is 18.5. The fraction of sp³-hybridized carbons (Fsp3) is 0.227. The predicted octanol–water partition coefficient (Wildman–Crippen LogP) is 4.63. The minimum Gasteiger partial charge on any atom is -0.493 e. The van der Waals surface area contributed by atoms with Crippen molar-refractivity contribution in [3.05, 3.63) is 56.9 Å². The van der Waals surface area contributed by atoms with Crippen LogP contribution in [0.1, 0.15) is 18.1 Å². The quantitative estimate of drug-likeness (QED) is 0.454. The molecule has 0 bridgehead atoms. The van der Waals surface area contributed by atoms with Crippen molar-refractivity contribution in [2.45, 2.75) is 18.8 Å². The van der Waals surface area contributed by atoms with E-state index in [-0.39, 0.29) is 18.0 Å². The highest BCUT2D eigenvalue weighted by atomic mass is 79.9. The van der Waals surface area contributed by atoms with E-state index in [0.717, 1.165) is 22.1 Å². The van der Waals surface area contributed by atoms with Gasteiger partial charge in [0.1, 0.15) is 6.61 Å². The van der Waals surface area contributed by atoms with Crippen LogP contribution in [0.3, 0.4) is 0 Å². The van der Waals surface area contributed by atoms with Gasteiger partial charge in [-0.3, -0.25) is 4.79 Å². The van der Waals surface area contributed by atoms with Crippen molar-refractivity contribution in [2.24, 2.45) is 0 Å².